The molecule has 0 aromatic carbocycles. The summed E-state index contributed by atoms with van der Waals surface area (Å²) >= 11 is 7.66. The number of pyridine rings is 1. The predicted molar refractivity (Wildman–Crippen MR) is 144 cm³/mol. The largest absolute Gasteiger partial charge is 0.376 e. The molecule has 0 radical (unpaired) electrons. The molecule has 2 N–H and O–H groups in total. The average Bonchev–Trinajstić information content (AvgIpc) is 3.25. The van der Waals surface area contributed by atoms with Crippen LogP contribution in [0.25, 0.3) is 0 Å². The van der Waals surface area contributed by atoms with Gasteiger partial charge < -0.3 is 10.6 Å². The first kappa shape index (κ1) is 24.7. The van der Waals surface area contributed by atoms with E-state index in [1.54, 1.807) is 11.1 Å². The van der Waals surface area contributed by atoms with E-state index in [1.165, 1.54) is 24.2 Å². The molecule has 5 atom stereocenters. The lowest BCUT2D eigenvalue weighted by Gasteiger charge is -2.67. The molecule has 9 heteroatoms. The third-order valence-corrected chi connectivity index (χ3v) is 10.6. The summed E-state index contributed by atoms with van der Waals surface area (Å²) in [6.45, 7) is 3.99. The Balaban J connectivity index is 1.20. The van der Waals surface area contributed by atoms with Crippen LogP contribution in [0.4, 0.5) is 10.7 Å². The predicted octanol–water partition coefficient (Wildman–Crippen LogP) is 5.61. The van der Waals surface area contributed by atoms with Crippen molar-refractivity contribution in [2.45, 2.75) is 76.4 Å². The van der Waals surface area contributed by atoms with Crippen LogP contribution in [0.1, 0.15) is 68.5 Å². The lowest BCUT2D eigenvalue weighted by molar-refractivity contribution is -0.146. The van der Waals surface area contributed by atoms with Gasteiger partial charge in [-0.1, -0.05) is 11.6 Å². The normalized spacial score (nSPS) is 32.1. The smallest absolute Gasteiger partial charge is 0.243 e. The summed E-state index contributed by atoms with van der Waals surface area (Å²) < 4.78 is 0. The van der Waals surface area contributed by atoms with Crippen molar-refractivity contribution in [1.29, 1.82) is 5.26 Å². The second kappa shape index (κ2) is 8.99. The Morgan fingerprint density at radius 3 is 2.81 bits per heavy atom. The number of rotatable bonds is 10. The van der Waals surface area contributed by atoms with Gasteiger partial charge in [0.15, 0.2) is 0 Å². The number of carbonyl (C=O) groups is 2. The van der Waals surface area contributed by atoms with E-state index in [1.807, 2.05) is 25.1 Å². The van der Waals surface area contributed by atoms with Gasteiger partial charge in [-0.25, -0.2) is 0 Å². The second-order valence-electron chi connectivity index (χ2n) is 11.8. The van der Waals surface area contributed by atoms with Gasteiger partial charge in [0, 0.05) is 16.6 Å². The van der Waals surface area contributed by atoms with Crippen LogP contribution in [-0.2, 0) is 9.59 Å². The number of aryl methyl sites for hydroxylation is 1. The molecule has 7 nitrogen and oxygen atoms in total. The molecule has 2 aromatic rings. The number of nitriles is 1. The number of nitrogens with one attached hydrogen (secondary N) is 2. The van der Waals surface area contributed by atoms with Crippen molar-refractivity contribution in [3.63, 3.8) is 0 Å². The molecule has 194 valence electrons. The van der Waals surface area contributed by atoms with Crippen molar-refractivity contribution in [1.82, 2.24) is 10.3 Å². The van der Waals surface area contributed by atoms with Crippen LogP contribution in [-0.4, -0.2) is 28.9 Å². The minimum Gasteiger partial charge on any atom is -0.376 e. The number of thiophene rings is 1. The number of aromatic nitrogens is 1. The summed E-state index contributed by atoms with van der Waals surface area (Å²) in [5, 5.41) is 17.5. The van der Waals surface area contributed by atoms with Crippen LogP contribution in [0.3, 0.4) is 0 Å². The fourth-order valence-corrected chi connectivity index (χ4v) is 8.27. The highest BCUT2D eigenvalue weighted by Gasteiger charge is 2.69. The molecule has 2 aromatic heterocycles. The van der Waals surface area contributed by atoms with Crippen molar-refractivity contribution >= 4 is 45.9 Å². The zero-order valence-electron chi connectivity index (χ0n) is 21.2. The van der Waals surface area contributed by atoms with Crippen molar-refractivity contribution in [2.24, 2.45) is 23.2 Å². The van der Waals surface area contributed by atoms with Crippen molar-refractivity contribution in [3.05, 3.63) is 40.0 Å². The fraction of sp³-hybridized carbons (Fsp3) is 0.571. The van der Waals surface area contributed by atoms with Gasteiger partial charge in [0.25, 0.3) is 0 Å². The van der Waals surface area contributed by atoms with Crippen LogP contribution in [0.15, 0.2) is 24.4 Å². The van der Waals surface area contributed by atoms with E-state index in [2.05, 4.69) is 28.6 Å². The maximum atomic E-state index is 13.7. The maximum absolute atomic E-state index is 13.7. The first-order valence-electron chi connectivity index (χ1n) is 13.2. The van der Waals surface area contributed by atoms with Crippen molar-refractivity contribution in [2.75, 3.05) is 10.2 Å². The van der Waals surface area contributed by atoms with Gasteiger partial charge in [-0.15, -0.1) is 11.3 Å². The first-order valence-corrected chi connectivity index (χ1v) is 14.4. The molecule has 0 aliphatic heterocycles. The Bertz CT molecular complexity index is 1270. The Kier molecular flexibility index (Phi) is 6.00. The van der Waals surface area contributed by atoms with Crippen LogP contribution in [0.2, 0.25) is 5.02 Å². The van der Waals surface area contributed by atoms with E-state index < -0.39 is 6.04 Å². The SMILES string of the molecule is Cc1ncc(Cl)cc1N[C@@H](C)c1ccc(N(C=O)[C@@H](CC2CCC3CC32)C(=O)NC23CC(C#N)(C2)C3)s1. The maximum Gasteiger partial charge on any atom is 0.243 e. The Morgan fingerprint density at radius 1 is 1.38 bits per heavy atom. The number of hydrogen-bond donors (Lipinski definition) is 2. The molecule has 2 heterocycles. The summed E-state index contributed by atoms with van der Waals surface area (Å²) in [7, 11) is 0. The lowest BCUT2D eigenvalue weighted by Crippen LogP contribution is -2.75. The molecule has 0 saturated heterocycles. The highest BCUT2D eigenvalue weighted by Crippen LogP contribution is 2.66. The minimum atomic E-state index is -0.539. The molecule has 7 rings (SSSR count). The third kappa shape index (κ3) is 4.40. The molecule has 2 bridgehead atoms. The van der Waals surface area contributed by atoms with E-state index in [0.29, 0.717) is 23.3 Å². The fourth-order valence-electron chi connectivity index (χ4n) is 7.08. The number of amides is 2. The van der Waals surface area contributed by atoms with Crippen LogP contribution < -0.4 is 15.5 Å². The number of halogens is 1. The van der Waals surface area contributed by atoms with Crippen molar-refractivity contribution in [3.8, 4) is 6.07 Å². The lowest BCUT2D eigenvalue weighted by atomic mass is 9.40. The summed E-state index contributed by atoms with van der Waals surface area (Å²) in [6, 6.07) is 7.66. The van der Waals surface area contributed by atoms with E-state index in [-0.39, 0.29) is 22.9 Å². The summed E-state index contributed by atoms with van der Waals surface area (Å²) in [4.78, 5) is 33.2. The van der Waals surface area contributed by atoms with Gasteiger partial charge >= 0.3 is 0 Å². The van der Waals surface area contributed by atoms with Gasteiger partial charge in [-0.2, -0.15) is 5.26 Å². The molecular weight excluding hydrogens is 506 g/mol. The number of hydrogen-bond acceptors (Lipinski definition) is 6. The average molecular weight is 538 g/mol. The van der Waals surface area contributed by atoms with Gasteiger partial charge in [0.05, 0.1) is 38.9 Å². The van der Waals surface area contributed by atoms with E-state index in [9.17, 15) is 14.9 Å². The van der Waals surface area contributed by atoms with E-state index >= 15 is 0 Å². The molecule has 5 aliphatic rings. The third-order valence-electron chi connectivity index (χ3n) is 9.14. The van der Waals surface area contributed by atoms with Gasteiger partial charge in [0.2, 0.25) is 12.3 Å². The number of nitrogens with zero attached hydrogens (tertiary/aromatic N) is 3. The van der Waals surface area contributed by atoms with Crippen molar-refractivity contribution < 1.29 is 9.59 Å². The zero-order valence-corrected chi connectivity index (χ0v) is 22.7. The number of fused-ring (bicyclic) bond motifs is 1. The number of carbonyl (C=O) groups excluding carboxylic acids is 2. The summed E-state index contributed by atoms with van der Waals surface area (Å²) in [5.41, 5.74) is 1.25. The van der Waals surface area contributed by atoms with Crippen LogP contribution in [0, 0.1) is 41.4 Å². The molecule has 5 fully saturated rings. The monoisotopic (exact) mass is 537 g/mol. The van der Waals surface area contributed by atoms with E-state index in [4.69, 9.17) is 11.6 Å². The quantitative estimate of drug-likeness (QED) is 0.384. The molecule has 5 saturated carbocycles. The van der Waals surface area contributed by atoms with Gasteiger partial charge in [-0.05, 0) is 94.7 Å². The zero-order chi connectivity index (χ0) is 25.9. The Labute approximate surface area is 226 Å². The molecule has 2 amide bonds. The standard InChI is InChI=1S/C28H32ClN5O2S/c1-16-22(9-20(29)10-31-16)32-17(2)24-5-6-25(37-24)34(15-35)23(8-19-4-3-18-7-21(18)19)26(36)33-28-11-27(12-28,13-28)14-30/h5-6,9-10,15,17-19,21,23,32H,3-4,7-8,11-13H2,1-2H3,(H,33,36)/t17-,18?,19?,21?,23-,27?,28?/m0/s1. The van der Waals surface area contributed by atoms with Crippen LogP contribution in [0.5, 0.6) is 0 Å². The molecule has 3 unspecified atom stereocenters. The topological polar surface area (TPSA) is 98.1 Å². The molecule has 37 heavy (non-hydrogen) atoms. The molecule has 5 aliphatic carbocycles. The highest BCUT2D eigenvalue weighted by molar-refractivity contribution is 7.16. The Morgan fingerprint density at radius 2 is 2.16 bits per heavy atom. The first-order chi connectivity index (χ1) is 17.7. The van der Waals surface area contributed by atoms with Crippen LogP contribution >= 0.6 is 22.9 Å². The second-order valence-corrected chi connectivity index (χ2v) is 13.3. The highest BCUT2D eigenvalue weighted by atomic mass is 35.5. The summed E-state index contributed by atoms with van der Waals surface area (Å²) in [5.74, 6) is 1.93. The Hall–Kier alpha value is -2.63. The van der Waals surface area contributed by atoms with Gasteiger partial charge in [-0.3, -0.25) is 19.5 Å². The minimum absolute atomic E-state index is 0.0245. The van der Waals surface area contributed by atoms with Gasteiger partial charge in [0.1, 0.15) is 6.04 Å². The molecule has 0 spiro atoms. The number of anilines is 2. The molecular formula is C28H32ClN5O2S. The summed E-state index contributed by atoms with van der Waals surface area (Å²) in [6.07, 6.45) is 8.97. The van der Waals surface area contributed by atoms with E-state index in [0.717, 1.165) is 59.3 Å².